The van der Waals surface area contributed by atoms with Crippen LogP contribution in [0.1, 0.15) is 29.7 Å². The van der Waals surface area contributed by atoms with E-state index in [4.69, 9.17) is 0 Å². The molecule has 1 fully saturated rings. The zero-order valence-corrected chi connectivity index (χ0v) is 16.2. The van der Waals surface area contributed by atoms with Gasteiger partial charge in [0.1, 0.15) is 5.82 Å². The standard InChI is InChI=1S/C20H24F3N5O/c21-20(22,23)16-5-3-7-24-19(16)27-11-8-26(9-12-27)10-13-28-18(29)14-15-4-1-2-6-17(15)25-28/h3,5,7,14H,1-2,4,6,8-13H2. The van der Waals surface area contributed by atoms with Gasteiger partial charge in [-0.05, 0) is 43.4 Å². The molecule has 2 aromatic rings. The first kappa shape index (κ1) is 19.9. The second-order valence-corrected chi connectivity index (χ2v) is 7.59. The first-order chi connectivity index (χ1) is 13.9. The van der Waals surface area contributed by atoms with Crippen LogP contribution in [0.3, 0.4) is 0 Å². The van der Waals surface area contributed by atoms with Crippen LogP contribution in [0.4, 0.5) is 19.0 Å². The van der Waals surface area contributed by atoms with Gasteiger partial charge in [0, 0.05) is 45.0 Å². The number of halogens is 3. The third kappa shape index (κ3) is 4.44. The number of rotatable bonds is 4. The van der Waals surface area contributed by atoms with Crippen molar-refractivity contribution in [2.24, 2.45) is 0 Å². The second-order valence-electron chi connectivity index (χ2n) is 7.59. The molecule has 1 aliphatic carbocycles. The van der Waals surface area contributed by atoms with E-state index in [1.54, 1.807) is 11.0 Å². The van der Waals surface area contributed by atoms with Crippen LogP contribution in [0.2, 0.25) is 0 Å². The Hall–Kier alpha value is -2.42. The van der Waals surface area contributed by atoms with E-state index in [2.05, 4.69) is 15.0 Å². The van der Waals surface area contributed by atoms with Crippen molar-refractivity contribution in [3.8, 4) is 0 Å². The Morgan fingerprint density at radius 2 is 1.79 bits per heavy atom. The first-order valence-corrected chi connectivity index (χ1v) is 10.0. The molecule has 6 nitrogen and oxygen atoms in total. The van der Waals surface area contributed by atoms with E-state index < -0.39 is 11.7 Å². The summed E-state index contributed by atoms with van der Waals surface area (Å²) in [5, 5.41) is 4.53. The molecule has 0 spiro atoms. The molecule has 2 aliphatic rings. The fourth-order valence-corrected chi connectivity index (χ4v) is 4.05. The molecular weight excluding hydrogens is 383 g/mol. The van der Waals surface area contributed by atoms with E-state index in [9.17, 15) is 18.0 Å². The van der Waals surface area contributed by atoms with Crippen LogP contribution in [0, 0.1) is 0 Å². The maximum absolute atomic E-state index is 13.2. The lowest BCUT2D eigenvalue weighted by atomic mass is 9.97. The van der Waals surface area contributed by atoms with Gasteiger partial charge < -0.3 is 4.90 Å². The Bertz CT molecular complexity index is 919. The van der Waals surface area contributed by atoms with Gasteiger partial charge in [-0.3, -0.25) is 9.69 Å². The monoisotopic (exact) mass is 407 g/mol. The highest BCUT2D eigenvalue weighted by Gasteiger charge is 2.36. The van der Waals surface area contributed by atoms with Gasteiger partial charge in [0.15, 0.2) is 0 Å². The average molecular weight is 407 g/mol. The fraction of sp³-hybridized carbons (Fsp3) is 0.550. The number of alkyl halides is 3. The predicted octanol–water partition coefficient (Wildman–Crippen LogP) is 2.36. The van der Waals surface area contributed by atoms with Crippen molar-refractivity contribution in [3.05, 3.63) is 51.6 Å². The zero-order valence-electron chi connectivity index (χ0n) is 16.2. The van der Waals surface area contributed by atoms with Crippen molar-refractivity contribution in [1.82, 2.24) is 19.7 Å². The van der Waals surface area contributed by atoms with Gasteiger partial charge in [0.2, 0.25) is 0 Å². The Labute approximate surface area is 167 Å². The van der Waals surface area contributed by atoms with Gasteiger partial charge >= 0.3 is 6.18 Å². The molecule has 29 heavy (non-hydrogen) atoms. The van der Waals surface area contributed by atoms with Crippen LogP contribution in [-0.4, -0.2) is 52.4 Å². The van der Waals surface area contributed by atoms with Gasteiger partial charge in [-0.1, -0.05) is 0 Å². The van der Waals surface area contributed by atoms with E-state index in [-0.39, 0.29) is 11.4 Å². The van der Waals surface area contributed by atoms with Crippen LogP contribution in [0.15, 0.2) is 29.2 Å². The normalized spacial score (nSPS) is 18.0. The summed E-state index contributed by atoms with van der Waals surface area (Å²) >= 11 is 0. The van der Waals surface area contributed by atoms with Gasteiger partial charge in [-0.2, -0.15) is 18.3 Å². The summed E-state index contributed by atoms with van der Waals surface area (Å²) in [6, 6.07) is 4.09. The van der Waals surface area contributed by atoms with Crippen molar-refractivity contribution in [3.63, 3.8) is 0 Å². The van der Waals surface area contributed by atoms with Gasteiger partial charge in [0.05, 0.1) is 17.8 Å². The van der Waals surface area contributed by atoms with Crippen LogP contribution in [-0.2, 0) is 25.6 Å². The largest absolute Gasteiger partial charge is 0.419 e. The fourth-order valence-electron chi connectivity index (χ4n) is 4.05. The molecular formula is C20H24F3N5O. The number of hydrogen-bond donors (Lipinski definition) is 0. The summed E-state index contributed by atoms with van der Waals surface area (Å²) in [7, 11) is 0. The summed E-state index contributed by atoms with van der Waals surface area (Å²) in [6.07, 6.45) is 1.03. The Kier molecular flexibility index (Phi) is 5.58. The van der Waals surface area contributed by atoms with Gasteiger partial charge in [-0.25, -0.2) is 9.67 Å². The number of aromatic nitrogens is 3. The number of nitrogens with zero attached hydrogens (tertiary/aromatic N) is 5. The highest BCUT2D eigenvalue weighted by Crippen LogP contribution is 2.35. The molecule has 1 saturated heterocycles. The minimum Gasteiger partial charge on any atom is -0.354 e. The summed E-state index contributed by atoms with van der Waals surface area (Å²) in [4.78, 5) is 20.1. The summed E-state index contributed by atoms with van der Waals surface area (Å²) in [5.74, 6) is -0.00720. The molecule has 0 saturated carbocycles. The quantitative estimate of drug-likeness (QED) is 0.779. The average Bonchev–Trinajstić information content (AvgIpc) is 2.72. The van der Waals surface area contributed by atoms with Crippen molar-refractivity contribution in [2.45, 2.75) is 38.4 Å². The van der Waals surface area contributed by atoms with E-state index in [0.717, 1.165) is 43.0 Å². The van der Waals surface area contributed by atoms with Crippen LogP contribution >= 0.6 is 0 Å². The molecule has 0 unspecified atom stereocenters. The minimum atomic E-state index is -4.42. The molecule has 0 aromatic carbocycles. The number of hydrogen-bond acceptors (Lipinski definition) is 5. The second kappa shape index (κ2) is 8.14. The van der Waals surface area contributed by atoms with Crippen LogP contribution in [0.25, 0.3) is 0 Å². The smallest absolute Gasteiger partial charge is 0.354 e. The maximum atomic E-state index is 13.2. The molecule has 0 amide bonds. The van der Waals surface area contributed by atoms with E-state index >= 15 is 0 Å². The van der Waals surface area contributed by atoms with Crippen LogP contribution < -0.4 is 10.5 Å². The number of piperazine rings is 1. The van der Waals surface area contributed by atoms with Crippen molar-refractivity contribution >= 4 is 5.82 Å². The SMILES string of the molecule is O=c1cc2c(nn1CCN1CCN(c3ncccc3C(F)(F)F)CC1)CCCC2. The van der Waals surface area contributed by atoms with Crippen molar-refractivity contribution in [2.75, 3.05) is 37.6 Å². The number of aryl methyl sites for hydroxylation is 2. The van der Waals surface area contributed by atoms with Gasteiger partial charge in [0.25, 0.3) is 5.56 Å². The zero-order chi connectivity index (χ0) is 20.4. The van der Waals surface area contributed by atoms with E-state index in [1.807, 2.05) is 0 Å². The lowest BCUT2D eigenvalue weighted by Gasteiger charge is -2.36. The predicted molar refractivity (Wildman–Crippen MR) is 103 cm³/mol. The molecule has 0 bridgehead atoms. The lowest BCUT2D eigenvalue weighted by Crippen LogP contribution is -2.48. The Balaban J connectivity index is 1.36. The Morgan fingerprint density at radius 3 is 2.55 bits per heavy atom. The first-order valence-electron chi connectivity index (χ1n) is 10.0. The molecule has 156 valence electrons. The minimum absolute atomic E-state index is 0.00720. The summed E-state index contributed by atoms with van der Waals surface area (Å²) < 4.78 is 41.2. The Morgan fingerprint density at radius 1 is 1.03 bits per heavy atom. The van der Waals surface area contributed by atoms with Crippen LogP contribution in [0.5, 0.6) is 0 Å². The molecule has 9 heteroatoms. The number of fused-ring (bicyclic) bond motifs is 1. The topological polar surface area (TPSA) is 54.3 Å². The van der Waals surface area contributed by atoms with E-state index in [1.165, 1.54) is 16.9 Å². The number of pyridine rings is 1. The maximum Gasteiger partial charge on any atom is 0.419 e. The lowest BCUT2D eigenvalue weighted by molar-refractivity contribution is -0.137. The highest BCUT2D eigenvalue weighted by molar-refractivity contribution is 5.48. The summed E-state index contributed by atoms with van der Waals surface area (Å²) in [6.45, 7) is 3.30. The highest BCUT2D eigenvalue weighted by atomic mass is 19.4. The molecule has 4 rings (SSSR count). The van der Waals surface area contributed by atoms with Crippen molar-refractivity contribution < 1.29 is 13.2 Å². The number of anilines is 1. The molecule has 1 aliphatic heterocycles. The molecule has 0 N–H and O–H groups in total. The third-order valence-corrected chi connectivity index (χ3v) is 5.67. The molecule has 0 atom stereocenters. The third-order valence-electron chi connectivity index (χ3n) is 5.67. The van der Waals surface area contributed by atoms with Gasteiger partial charge in [-0.15, -0.1) is 0 Å². The molecule has 2 aromatic heterocycles. The molecule has 3 heterocycles. The van der Waals surface area contributed by atoms with Crippen molar-refractivity contribution in [1.29, 1.82) is 0 Å². The van der Waals surface area contributed by atoms with E-state index in [0.29, 0.717) is 39.3 Å². The molecule has 0 radical (unpaired) electrons. The summed E-state index contributed by atoms with van der Waals surface area (Å²) in [5.41, 5.74) is 1.32.